The summed E-state index contributed by atoms with van der Waals surface area (Å²) in [5.41, 5.74) is -0.337. The first-order valence-corrected chi connectivity index (χ1v) is 8.23. The zero-order valence-corrected chi connectivity index (χ0v) is 12.0. The maximum Gasteiger partial charge on any atom is 0.306 e. The number of sulfone groups is 1. The highest BCUT2D eigenvalue weighted by atomic mass is 32.2. The summed E-state index contributed by atoms with van der Waals surface area (Å²) in [7, 11) is -1.75. The number of carbonyl (C=O) groups is 1. The van der Waals surface area contributed by atoms with Crippen molar-refractivity contribution in [3.8, 4) is 0 Å². The molecule has 0 bridgehead atoms. The Hall–Kier alpha value is -0.620. The standard InChI is InChI=1S/C12H23NO4S/c1-3-6-13-7-8-18(15,16)10-12(4-5-12)9-11(14)17-2/h13H,3-10H2,1-2H3. The van der Waals surface area contributed by atoms with Crippen LogP contribution in [0.5, 0.6) is 0 Å². The molecule has 1 aliphatic carbocycles. The van der Waals surface area contributed by atoms with Crippen LogP contribution in [0.2, 0.25) is 0 Å². The third-order valence-corrected chi connectivity index (χ3v) is 5.13. The van der Waals surface area contributed by atoms with Crippen molar-refractivity contribution in [3.63, 3.8) is 0 Å². The first-order chi connectivity index (χ1) is 8.43. The van der Waals surface area contributed by atoms with Gasteiger partial charge in [-0.05, 0) is 31.2 Å². The number of methoxy groups -OCH3 is 1. The van der Waals surface area contributed by atoms with Gasteiger partial charge in [0.2, 0.25) is 0 Å². The first kappa shape index (κ1) is 15.4. The van der Waals surface area contributed by atoms with E-state index < -0.39 is 9.84 Å². The molecule has 0 saturated heterocycles. The fourth-order valence-corrected chi connectivity index (χ4v) is 3.92. The molecule has 0 unspecified atom stereocenters. The third kappa shape index (κ3) is 5.35. The number of carbonyl (C=O) groups excluding carboxylic acids is 1. The van der Waals surface area contributed by atoms with Gasteiger partial charge in [0.05, 0.1) is 25.0 Å². The van der Waals surface area contributed by atoms with Crippen molar-refractivity contribution in [1.82, 2.24) is 5.32 Å². The van der Waals surface area contributed by atoms with E-state index in [-0.39, 0.29) is 29.3 Å². The van der Waals surface area contributed by atoms with E-state index in [9.17, 15) is 13.2 Å². The molecule has 1 aliphatic rings. The van der Waals surface area contributed by atoms with Gasteiger partial charge in [-0.15, -0.1) is 0 Å². The molecule has 106 valence electrons. The fraction of sp³-hybridized carbons (Fsp3) is 0.917. The Morgan fingerprint density at radius 2 is 2.00 bits per heavy atom. The Kier molecular flexibility index (Phi) is 5.59. The lowest BCUT2D eigenvalue weighted by Gasteiger charge is -2.14. The lowest BCUT2D eigenvalue weighted by atomic mass is 10.1. The van der Waals surface area contributed by atoms with Crippen LogP contribution in [0.1, 0.15) is 32.6 Å². The minimum atomic E-state index is -3.08. The minimum Gasteiger partial charge on any atom is -0.469 e. The molecule has 0 aromatic carbocycles. The Labute approximate surface area is 109 Å². The summed E-state index contributed by atoms with van der Waals surface area (Å²) in [5.74, 6) is -0.0504. The van der Waals surface area contributed by atoms with Gasteiger partial charge < -0.3 is 10.1 Å². The topological polar surface area (TPSA) is 72.5 Å². The number of ether oxygens (including phenoxy) is 1. The molecule has 0 radical (unpaired) electrons. The number of rotatable bonds is 9. The average Bonchev–Trinajstić information content (AvgIpc) is 3.03. The maximum absolute atomic E-state index is 11.9. The normalized spacial score (nSPS) is 17.4. The molecule has 1 N–H and O–H groups in total. The van der Waals surface area contributed by atoms with Gasteiger partial charge >= 0.3 is 5.97 Å². The number of hydrogen-bond acceptors (Lipinski definition) is 5. The molecule has 0 aromatic heterocycles. The van der Waals surface area contributed by atoms with Gasteiger partial charge in [-0.1, -0.05) is 6.92 Å². The van der Waals surface area contributed by atoms with Gasteiger partial charge in [-0.2, -0.15) is 0 Å². The van der Waals surface area contributed by atoms with Crippen molar-refractivity contribution in [3.05, 3.63) is 0 Å². The second-order valence-corrected chi connectivity index (χ2v) is 7.28. The Morgan fingerprint density at radius 1 is 1.33 bits per heavy atom. The van der Waals surface area contributed by atoms with Crippen molar-refractivity contribution >= 4 is 15.8 Å². The first-order valence-electron chi connectivity index (χ1n) is 6.41. The Bertz CT molecular complexity index is 374. The second-order valence-electron chi connectivity index (χ2n) is 5.09. The summed E-state index contributed by atoms with van der Waals surface area (Å²) in [6.45, 7) is 3.37. The van der Waals surface area contributed by atoms with Crippen molar-refractivity contribution in [2.24, 2.45) is 5.41 Å². The van der Waals surface area contributed by atoms with Gasteiger partial charge in [0.25, 0.3) is 0 Å². The summed E-state index contributed by atoms with van der Waals surface area (Å²) in [6.07, 6.45) is 2.84. The van der Waals surface area contributed by atoms with Crippen LogP contribution in [-0.2, 0) is 19.4 Å². The minimum absolute atomic E-state index is 0.114. The smallest absolute Gasteiger partial charge is 0.306 e. The molecule has 6 heteroatoms. The Morgan fingerprint density at radius 3 is 2.50 bits per heavy atom. The molecule has 5 nitrogen and oxygen atoms in total. The molecule has 0 spiro atoms. The molecular formula is C12H23NO4S. The summed E-state index contributed by atoms with van der Waals surface area (Å²) in [5, 5.41) is 3.08. The number of esters is 1. The van der Waals surface area contributed by atoms with Crippen molar-refractivity contribution < 1.29 is 17.9 Å². The summed E-state index contributed by atoms with van der Waals surface area (Å²) in [4.78, 5) is 11.2. The highest BCUT2D eigenvalue weighted by Gasteiger charge is 2.47. The van der Waals surface area contributed by atoms with Crippen LogP contribution in [0.15, 0.2) is 0 Å². The summed E-state index contributed by atoms with van der Waals surface area (Å²) >= 11 is 0. The monoisotopic (exact) mass is 277 g/mol. The van der Waals surface area contributed by atoms with Crippen molar-refractivity contribution in [2.45, 2.75) is 32.6 Å². The van der Waals surface area contributed by atoms with Crippen LogP contribution in [0.4, 0.5) is 0 Å². The van der Waals surface area contributed by atoms with Gasteiger partial charge in [0, 0.05) is 6.54 Å². The van der Waals surface area contributed by atoms with E-state index in [1.807, 2.05) is 6.92 Å². The van der Waals surface area contributed by atoms with Gasteiger partial charge in [0.1, 0.15) is 0 Å². The van der Waals surface area contributed by atoms with E-state index in [4.69, 9.17) is 0 Å². The van der Waals surface area contributed by atoms with Crippen molar-refractivity contribution in [1.29, 1.82) is 0 Å². The molecule has 1 fully saturated rings. The molecule has 0 heterocycles. The van der Waals surface area contributed by atoms with E-state index in [1.54, 1.807) is 0 Å². The summed E-state index contributed by atoms with van der Waals surface area (Å²) in [6, 6.07) is 0. The van der Waals surface area contributed by atoms with Gasteiger partial charge in [0.15, 0.2) is 9.84 Å². The lowest BCUT2D eigenvalue weighted by Crippen LogP contribution is -2.28. The highest BCUT2D eigenvalue weighted by Crippen LogP contribution is 2.50. The van der Waals surface area contributed by atoms with E-state index in [0.717, 1.165) is 25.8 Å². The SMILES string of the molecule is CCCNCCS(=O)(=O)CC1(CC(=O)OC)CC1. The van der Waals surface area contributed by atoms with Crippen LogP contribution < -0.4 is 5.32 Å². The van der Waals surface area contributed by atoms with Crippen molar-refractivity contribution in [2.75, 3.05) is 31.7 Å². The molecule has 0 atom stereocenters. The second kappa shape index (κ2) is 6.52. The number of nitrogens with one attached hydrogen (secondary N) is 1. The lowest BCUT2D eigenvalue weighted by molar-refractivity contribution is -0.141. The van der Waals surface area contributed by atoms with Crippen LogP contribution in [0, 0.1) is 5.41 Å². The molecule has 18 heavy (non-hydrogen) atoms. The molecule has 1 rings (SSSR count). The van der Waals surface area contributed by atoms with E-state index in [0.29, 0.717) is 6.54 Å². The van der Waals surface area contributed by atoms with Gasteiger partial charge in [-0.25, -0.2) is 8.42 Å². The van der Waals surface area contributed by atoms with Gasteiger partial charge in [-0.3, -0.25) is 4.79 Å². The maximum atomic E-state index is 11.9. The predicted molar refractivity (Wildman–Crippen MR) is 70.1 cm³/mol. The fourth-order valence-electron chi connectivity index (χ4n) is 2.00. The average molecular weight is 277 g/mol. The van der Waals surface area contributed by atoms with Crippen LogP contribution >= 0.6 is 0 Å². The largest absolute Gasteiger partial charge is 0.469 e. The van der Waals surface area contributed by atoms with E-state index in [1.165, 1.54) is 7.11 Å². The Balaban J connectivity index is 2.38. The third-order valence-electron chi connectivity index (χ3n) is 3.25. The molecule has 1 saturated carbocycles. The predicted octanol–water partition coefficient (Wildman–Crippen LogP) is 0.744. The molecule has 0 aromatic rings. The number of hydrogen-bond donors (Lipinski definition) is 1. The molecule has 0 amide bonds. The zero-order chi connectivity index (χ0) is 13.6. The van der Waals surface area contributed by atoms with Crippen LogP contribution in [-0.4, -0.2) is 46.1 Å². The summed E-state index contributed by atoms with van der Waals surface area (Å²) < 4.78 is 28.5. The quantitative estimate of drug-likeness (QED) is 0.497. The highest BCUT2D eigenvalue weighted by molar-refractivity contribution is 7.91. The molecule has 0 aliphatic heterocycles. The van der Waals surface area contributed by atoms with E-state index >= 15 is 0 Å². The van der Waals surface area contributed by atoms with Crippen LogP contribution in [0.25, 0.3) is 0 Å². The zero-order valence-electron chi connectivity index (χ0n) is 11.2. The van der Waals surface area contributed by atoms with E-state index in [2.05, 4.69) is 10.1 Å². The molecular weight excluding hydrogens is 254 g/mol. The van der Waals surface area contributed by atoms with Crippen LogP contribution in [0.3, 0.4) is 0 Å².